The standard InChI is InChI=1S/C10H17N3O/c1-8(13(2)3)10-11-6-5-9(12-10)7-14-4/h5-6,8H,7H2,1-4H3. The second-order valence-electron chi connectivity index (χ2n) is 3.48. The first-order valence-corrected chi connectivity index (χ1v) is 4.62. The summed E-state index contributed by atoms with van der Waals surface area (Å²) in [6, 6.07) is 2.10. The average Bonchev–Trinajstić information content (AvgIpc) is 2.17. The lowest BCUT2D eigenvalue weighted by atomic mass is 10.3. The molecule has 0 saturated heterocycles. The summed E-state index contributed by atoms with van der Waals surface area (Å²) < 4.78 is 5.02. The fraction of sp³-hybridized carbons (Fsp3) is 0.600. The molecule has 1 rings (SSSR count). The molecule has 0 radical (unpaired) electrons. The van der Waals surface area contributed by atoms with E-state index >= 15 is 0 Å². The molecule has 4 heteroatoms. The zero-order chi connectivity index (χ0) is 10.6. The van der Waals surface area contributed by atoms with Gasteiger partial charge in [-0.3, -0.25) is 4.90 Å². The highest BCUT2D eigenvalue weighted by Crippen LogP contribution is 2.12. The molecule has 0 N–H and O–H groups in total. The second-order valence-corrected chi connectivity index (χ2v) is 3.48. The predicted octanol–water partition coefficient (Wildman–Crippen LogP) is 1.25. The van der Waals surface area contributed by atoms with E-state index in [-0.39, 0.29) is 6.04 Å². The first-order chi connectivity index (χ1) is 6.65. The van der Waals surface area contributed by atoms with Crippen molar-refractivity contribution in [3.8, 4) is 0 Å². The molecule has 1 heterocycles. The van der Waals surface area contributed by atoms with Crippen molar-refractivity contribution in [1.82, 2.24) is 14.9 Å². The topological polar surface area (TPSA) is 38.2 Å². The van der Waals surface area contributed by atoms with Gasteiger partial charge in [-0.05, 0) is 27.1 Å². The van der Waals surface area contributed by atoms with Crippen molar-refractivity contribution in [2.45, 2.75) is 19.6 Å². The number of hydrogen-bond donors (Lipinski definition) is 0. The van der Waals surface area contributed by atoms with E-state index in [0.29, 0.717) is 6.61 Å². The van der Waals surface area contributed by atoms with Gasteiger partial charge < -0.3 is 4.74 Å². The molecule has 4 nitrogen and oxygen atoms in total. The lowest BCUT2D eigenvalue weighted by Gasteiger charge is -2.18. The van der Waals surface area contributed by atoms with Gasteiger partial charge in [0, 0.05) is 13.3 Å². The number of rotatable bonds is 4. The maximum absolute atomic E-state index is 5.02. The summed E-state index contributed by atoms with van der Waals surface area (Å²) in [7, 11) is 5.69. The van der Waals surface area contributed by atoms with Gasteiger partial charge in [0.2, 0.25) is 0 Å². The molecule has 1 aromatic heterocycles. The third kappa shape index (κ3) is 2.75. The summed E-state index contributed by atoms with van der Waals surface area (Å²) in [5.74, 6) is 0.838. The van der Waals surface area contributed by atoms with Crippen LogP contribution in [0.2, 0.25) is 0 Å². The Kier molecular flexibility index (Phi) is 3.98. The molecule has 0 bridgehead atoms. The third-order valence-corrected chi connectivity index (χ3v) is 2.17. The van der Waals surface area contributed by atoms with Gasteiger partial charge in [0.25, 0.3) is 0 Å². The zero-order valence-electron chi connectivity index (χ0n) is 9.19. The summed E-state index contributed by atoms with van der Waals surface area (Å²) >= 11 is 0. The summed E-state index contributed by atoms with van der Waals surface area (Å²) in [5.41, 5.74) is 0.922. The molecule has 0 saturated carbocycles. The average molecular weight is 195 g/mol. The van der Waals surface area contributed by atoms with Gasteiger partial charge in [-0.2, -0.15) is 0 Å². The lowest BCUT2D eigenvalue weighted by Crippen LogP contribution is -2.19. The summed E-state index contributed by atoms with van der Waals surface area (Å²) in [5, 5.41) is 0. The van der Waals surface area contributed by atoms with Crippen LogP contribution in [-0.2, 0) is 11.3 Å². The van der Waals surface area contributed by atoms with E-state index < -0.39 is 0 Å². The van der Waals surface area contributed by atoms with Crippen molar-refractivity contribution in [3.63, 3.8) is 0 Å². The van der Waals surface area contributed by atoms with E-state index in [9.17, 15) is 0 Å². The quantitative estimate of drug-likeness (QED) is 0.724. The number of methoxy groups -OCH3 is 1. The summed E-state index contributed by atoms with van der Waals surface area (Å²) in [6.07, 6.45) is 1.77. The Morgan fingerprint density at radius 3 is 2.79 bits per heavy atom. The Labute approximate surface area is 84.9 Å². The molecule has 78 valence electrons. The van der Waals surface area contributed by atoms with Crippen LogP contribution in [0.4, 0.5) is 0 Å². The Morgan fingerprint density at radius 2 is 2.21 bits per heavy atom. The number of hydrogen-bond acceptors (Lipinski definition) is 4. The van der Waals surface area contributed by atoms with Gasteiger partial charge >= 0.3 is 0 Å². The molecule has 0 fully saturated rings. The van der Waals surface area contributed by atoms with Crippen LogP contribution in [0.25, 0.3) is 0 Å². The van der Waals surface area contributed by atoms with Gasteiger partial charge in [-0.1, -0.05) is 0 Å². The zero-order valence-corrected chi connectivity index (χ0v) is 9.19. The van der Waals surface area contributed by atoms with Gasteiger partial charge in [-0.25, -0.2) is 9.97 Å². The number of nitrogens with zero attached hydrogens (tertiary/aromatic N) is 3. The lowest BCUT2D eigenvalue weighted by molar-refractivity contribution is 0.180. The highest BCUT2D eigenvalue weighted by molar-refractivity contribution is 5.03. The minimum Gasteiger partial charge on any atom is -0.378 e. The Bertz CT molecular complexity index is 288. The summed E-state index contributed by atoms with van der Waals surface area (Å²) in [4.78, 5) is 10.7. The molecule has 0 spiro atoms. The summed E-state index contributed by atoms with van der Waals surface area (Å²) in [6.45, 7) is 2.61. The Hall–Kier alpha value is -1.00. The van der Waals surface area contributed by atoms with Gasteiger partial charge in [0.1, 0.15) is 5.82 Å². The molecular weight excluding hydrogens is 178 g/mol. The molecule has 1 unspecified atom stereocenters. The number of ether oxygens (including phenoxy) is 1. The van der Waals surface area contributed by atoms with Crippen molar-refractivity contribution < 1.29 is 4.74 Å². The van der Waals surface area contributed by atoms with Crippen LogP contribution in [0.15, 0.2) is 12.3 Å². The van der Waals surface area contributed by atoms with Crippen molar-refractivity contribution in [2.24, 2.45) is 0 Å². The Balaban J connectivity index is 2.82. The molecule has 14 heavy (non-hydrogen) atoms. The van der Waals surface area contributed by atoms with Crippen molar-refractivity contribution in [3.05, 3.63) is 23.8 Å². The van der Waals surface area contributed by atoms with Gasteiger partial charge in [0.05, 0.1) is 18.3 Å². The number of aromatic nitrogens is 2. The largest absolute Gasteiger partial charge is 0.378 e. The fourth-order valence-electron chi connectivity index (χ4n) is 1.07. The predicted molar refractivity (Wildman–Crippen MR) is 54.8 cm³/mol. The maximum atomic E-state index is 5.02. The van der Waals surface area contributed by atoms with Crippen LogP contribution in [0, 0.1) is 0 Å². The molecule has 1 atom stereocenters. The van der Waals surface area contributed by atoms with Crippen molar-refractivity contribution in [1.29, 1.82) is 0 Å². The first kappa shape index (κ1) is 11.1. The minimum absolute atomic E-state index is 0.229. The molecule has 0 aromatic carbocycles. The molecule has 0 aliphatic heterocycles. The molecular formula is C10H17N3O. The van der Waals surface area contributed by atoms with Gasteiger partial charge in [0.15, 0.2) is 0 Å². The highest BCUT2D eigenvalue weighted by atomic mass is 16.5. The normalized spacial score (nSPS) is 13.2. The van der Waals surface area contributed by atoms with Crippen LogP contribution < -0.4 is 0 Å². The molecule has 0 aliphatic carbocycles. The van der Waals surface area contributed by atoms with Crippen LogP contribution >= 0.6 is 0 Å². The van der Waals surface area contributed by atoms with Crippen molar-refractivity contribution in [2.75, 3.05) is 21.2 Å². The van der Waals surface area contributed by atoms with E-state index in [1.807, 2.05) is 20.2 Å². The van der Waals surface area contributed by atoms with E-state index in [4.69, 9.17) is 4.74 Å². The van der Waals surface area contributed by atoms with Crippen LogP contribution in [0.3, 0.4) is 0 Å². The van der Waals surface area contributed by atoms with E-state index in [0.717, 1.165) is 11.5 Å². The van der Waals surface area contributed by atoms with Crippen LogP contribution in [0.1, 0.15) is 24.5 Å². The monoisotopic (exact) mass is 195 g/mol. The first-order valence-electron chi connectivity index (χ1n) is 4.62. The van der Waals surface area contributed by atoms with E-state index in [1.165, 1.54) is 0 Å². The molecule has 1 aromatic rings. The van der Waals surface area contributed by atoms with E-state index in [2.05, 4.69) is 21.8 Å². The van der Waals surface area contributed by atoms with Crippen LogP contribution in [-0.4, -0.2) is 36.1 Å². The molecule has 0 amide bonds. The fourth-order valence-corrected chi connectivity index (χ4v) is 1.07. The maximum Gasteiger partial charge on any atom is 0.145 e. The minimum atomic E-state index is 0.229. The highest BCUT2D eigenvalue weighted by Gasteiger charge is 2.10. The molecule has 0 aliphatic rings. The second kappa shape index (κ2) is 5.02. The van der Waals surface area contributed by atoms with Crippen molar-refractivity contribution >= 4 is 0 Å². The van der Waals surface area contributed by atoms with E-state index in [1.54, 1.807) is 13.3 Å². The third-order valence-electron chi connectivity index (χ3n) is 2.17. The van der Waals surface area contributed by atoms with Gasteiger partial charge in [-0.15, -0.1) is 0 Å². The smallest absolute Gasteiger partial charge is 0.145 e. The SMILES string of the molecule is COCc1ccnc(C(C)N(C)C)n1. The Morgan fingerprint density at radius 1 is 1.50 bits per heavy atom. The van der Waals surface area contributed by atoms with Crippen LogP contribution in [0.5, 0.6) is 0 Å².